The van der Waals surface area contributed by atoms with Crippen LogP contribution in [0.4, 0.5) is 11.4 Å². The van der Waals surface area contributed by atoms with Crippen molar-refractivity contribution in [1.82, 2.24) is 5.32 Å². The normalized spacial score (nSPS) is 17.8. The number of carbonyl (C=O) groups excluding carboxylic acids is 1. The number of carbonyl (C=O) groups is 1. The van der Waals surface area contributed by atoms with Crippen LogP contribution in [-0.4, -0.2) is 40.2 Å². The molecule has 3 rings (SSSR count). The highest BCUT2D eigenvalue weighted by Crippen LogP contribution is 2.25. The number of sulfonamides is 1. The lowest BCUT2D eigenvalue weighted by Gasteiger charge is -2.33. The maximum Gasteiger partial charge on any atom is 0.241 e. The summed E-state index contributed by atoms with van der Waals surface area (Å²) in [6.07, 6.45) is 3.61. The Hall–Kier alpha value is -2.54. The Morgan fingerprint density at radius 2 is 1.81 bits per heavy atom. The van der Waals surface area contributed by atoms with Crippen LogP contribution in [0.3, 0.4) is 0 Å². The van der Waals surface area contributed by atoms with E-state index in [0.717, 1.165) is 34.8 Å². The van der Waals surface area contributed by atoms with Gasteiger partial charge in [0.1, 0.15) is 6.54 Å². The molecule has 1 saturated heterocycles. The highest BCUT2D eigenvalue weighted by atomic mass is 32.2. The van der Waals surface area contributed by atoms with E-state index in [1.54, 1.807) is 12.1 Å². The van der Waals surface area contributed by atoms with Crippen LogP contribution in [0.15, 0.2) is 48.5 Å². The Balaban J connectivity index is 1.64. The van der Waals surface area contributed by atoms with Gasteiger partial charge < -0.3 is 10.2 Å². The van der Waals surface area contributed by atoms with E-state index in [0.29, 0.717) is 11.6 Å². The molecule has 0 bridgehead atoms. The number of anilines is 2. The summed E-state index contributed by atoms with van der Waals surface area (Å²) >= 11 is 0. The van der Waals surface area contributed by atoms with E-state index < -0.39 is 10.0 Å². The summed E-state index contributed by atoms with van der Waals surface area (Å²) in [6.45, 7) is 8.03. The van der Waals surface area contributed by atoms with Crippen LogP contribution in [0, 0.1) is 12.8 Å². The molecule has 0 aliphatic carbocycles. The van der Waals surface area contributed by atoms with Crippen molar-refractivity contribution in [2.24, 2.45) is 5.92 Å². The number of aryl methyl sites for hydroxylation is 1. The van der Waals surface area contributed by atoms with E-state index >= 15 is 0 Å². The molecule has 2 unspecified atom stereocenters. The summed E-state index contributed by atoms with van der Waals surface area (Å²) in [7, 11) is -3.58. The molecule has 7 heteroatoms. The molecule has 1 heterocycles. The van der Waals surface area contributed by atoms with Gasteiger partial charge in [0.2, 0.25) is 15.9 Å². The molecule has 1 aliphatic rings. The Morgan fingerprint density at radius 1 is 1.16 bits per heavy atom. The zero-order valence-corrected chi connectivity index (χ0v) is 19.7. The fraction of sp³-hybridized carbons (Fsp3) is 0.458. The average molecular weight is 444 g/mol. The van der Waals surface area contributed by atoms with Crippen molar-refractivity contribution in [3.63, 3.8) is 0 Å². The number of hydrogen-bond donors (Lipinski definition) is 1. The third-order valence-electron chi connectivity index (χ3n) is 5.80. The lowest BCUT2D eigenvalue weighted by molar-refractivity contribution is -0.120. The molecule has 2 atom stereocenters. The number of benzene rings is 2. The molecule has 31 heavy (non-hydrogen) atoms. The van der Waals surface area contributed by atoms with Crippen LogP contribution in [-0.2, 0) is 14.8 Å². The molecule has 168 valence electrons. The second kappa shape index (κ2) is 9.73. The van der Waals surface area contributed by atoms with Crippen molar-refractivity contribution in [3.05, 3.63) is 59.7 Å². The minimum Gasteiger partial charge on any atom is -0.371 e. The molecular weight excluding hydrogens is 410 g/mol. The fourth-order valence-corrected chi connectivity index (χ4v) is 4.87. The molecule has 1 N–H and O–H groups in total. The first-order chi connectivity index (χ1) is 14.6. The highest BCUT2D eigenvalue weighted by molar-refractivity contribution is 7.92. The van der Waals surface area contributed by atoms with E-state index in [1.165, 1.54) is 18.5 Å². The molecule has 0 saturated carbocycles. The zero-order valence-electron chi connectivity index (χ0n) is 18.8. The third-order valence-corrected chi connectivity index (χ3v) is 6.94. The maximum atomic E-state index is 12.6. The Kier molecular flexibility index (Phi) is 7.26. The molecule has 2 aromatic carbocycles. The third kappa shape index (κ3) is 6.23. The van der Waals surface area contributed by atoms with Gasteiger partial charge in [-0.3, -0.25) is 9.10 Å². The number of rotatable bonds is 7. The van der Waals surface area contributed by atoms with Crippen molar-refractivity contribution in [2.75, 3.05) is 35.1 Å². The Morgan fingerprint density at radius 3 is 2.39 bits per heavy atom. The van der Waals surface area contributed by atoms with Gasteiger partial charge in [-0.15, -0.1) is 0 Å². The van der Waals surface area contributed by atoms with Gasteiger partial charge in [0.05, 0.1) is 18.0 Å². The first-order valence-corrected chi connectivity index (χ1v) is 12.7. The largest absolute Gasteiger partial charge is 0.371 e. The van der Waals surface area contributed by atoms with Gasteiger partial charge in [-0.2, -0.15) is 0 Å². The summed E-state index contributed by atoms with van der Waals surface area (Å²) in [5.41, 5.74) is 3.70. The van der Waals surface area contributed by atoms with Crippen LogP contribution in [0.1, 0.15) is 43.9 Å². The lowest BCUT2D eigenvalue weighted by atomic mass is 9.99. The van der Waals surface area contributed by atoms with Crippen LogP contribution >= 0.6 is 0 Å². The van der Waals surface area contributed by atoms with Gasteiger partial charge in [-0.05, 0) is 62.4 Å². The number of nitrogens with one attached hydrogen (secondary N) is 1. The van der Waals surface area contributed by atoms with Gasteiger partial charge >= 0.3 is 0 Å². The second-order valence-electron chi connectivity index (χ2n) is 8.68. The molecular formula is C24H33N3O3S. The van der Waals surface area contributed by atoms with Crippen molar-refractivity contribution in [3.8, 4) is 0 Å². The topological polar surface area (TPSA) is 69.7 Å². The van der Waals surface area contributed by atoms with Crippen LogP contribution < -0.4 is 14.5 Å². The molecule has 1 amide bonds. The summed E-state index contributed by atoms with van der Waals surface area (Å²) < 4.78 is 25.7. The lowest BCUT2D eigenvalue weighted by Crippen LogP contribution is -2.41. The predicted octanol–water partition coefficient (Wildman–Crippen LogP) is 3.87. The van der Waals surface area contributed by atoms with E-state index in [-0.39, 0.29) is 18.5 Å². The van der Waals surface area contributed by atoms with Gasteiger partial charge in [0.15, 0.2) is 0 Å². The molecule has 2 aromatic rings. The van der Waals surface area contributed by atoms with Crippen molar-refractivity contribution < 1.29 is 13.2 Å². The van der Waals surface area contributed by atoms with Gasteiger partial charge in [0, 0.05) is 18.8 Å². The fourth-order valence-electron chi connectivity index (χ4n) is 4.01. The smallest absolute Gasteiger partial charge is 0.241 e. The van der Waals surface area contributed by atoms with Crippen LogP contribution in [0.25, 0.3) is 0 Å². The maximum absolute atomic E-state index is 12.6. The van der Waals surface area contributed by atoms with Gasteiger partial charge in [-0.25, -0.2) is 8.42 Å². The summed E-state index contributed by atoms with van der Waals surface area (Å²) in [5, 5.41) is 2.93. The number of piperidine rings is 1. The molecule has 0 aromatic heterocycles. The van der Waals surface area contributed by atoms with E-state index in [9.17, 15) is 13.2 Å². The predicted molar refractivity (Wildman–Crippen MR) is 127 cm³/mol. The SMILES string of the molecule is Cc1ccc(N(CC(=O)NC(C)c2ccc(N3CCCC(C)C3)cc2)S(C)(=O)=O)cc1. The highest BCUT2D eigenvalue weighted by Gasteiger charge is 2.22. The van der Waals surface area contributed by atoms with E-state index in [1.807, 2.05) is 38.1 Å². The monoisotopic (exact) mass is 443 g/mol. The van der Waals surface area contributed by atoms with Gasteiger partial charge in [-0.1, -0.05) is 36.8 Å². The molecule has 0 spiro atoms. The van der Waals surface area contributed by atoms with Gasteiger partial charge in [0.25, 0.3) is 0 Å². The molecule has 6 nitrogen and oxygen atoms in total. The molecule has 1 fully saturated rings. The van der Waals surface area contributed by atoms with Crippen LogP contribution in [0.2, 0.25) is 0 Å². The van der Waals surface area contributed by atoms with Crippen molar-refractivity contribution in [1.29, 1.82) is 0 Å². The van der Waals surface area contributed by atoms with Crippen molar-refractivity contribution >= 4 is 27.3 Å². The summed E-state index contributed by atoms with van der Waals surface area (Å²) in [4.78, 5) is 15.1. The van der Waals surface area contributed by atoms with Crippen LogP contribution in [0.5, 0.6) is 0 Å². The van der Waals surface area contributed by atoms with Crippen molar-refractivity contribution in [2.45, 2.75) is 39.7 Å². The zero-order chi connectivity index (χ0) is 22.6. The minimum absolute atomic E-state index is 0.221. The first-order valence-electron chi connectivity index (χ1n) is 10.8. The summed E-state index contributed by atoms with van der Waals surface area (Å²) in [6, 6.07) is 15.1. The minimum atomic E-state index is -3.58. The molecule has 0 radical (unpaired) electrons. The number of hydrogen-bond acceptors (Lipinski definition) is 4. The number of nitrogens with zero attached hydrogens (tertiary/aromatic N) is 2. The van der Waals surface area contributed by atoms with E-state index in [4.69, 9.17) is 0 Å². The number of amides is 1. The molecule has 1 aliphatic heterocycles. The van der Waals surface area contributed by atoms with E-state index in [2.05, 4.69) is 29.3 Å². The first kappa shape index (κ1) is 23.1. The summed E-state index contributed by atoms with van der Waals surface area (Å²) in [5.74, 6) is 0.366. The standard InChI is InChI=1S/C24H33N3O3S/c1-18-7-11-23(12-8-18)27(31(4,29)30)17-24(28)25-20(3)21-9-13-22(14-10-21)26-15-5-6-19(2)16-26/h7-14,19-20H,5-6,15-17H2,1-4H3,(H,25,28). The average Bonchev–Trinajstić information content (AvgIpc) is 2.72. The quantitative estimate of drug-likeness (QED) is 0.705. The second-order valence-corrected chi connectivity index (χ2v) is 10.6. The Labute approximate surface area is 186 Å². The Bertz CT molecular complexity index is 988.